The van der Waals surface area contributed by atoms with Gasteiger partial charge in [0.25, 0.3) is 0 Å². The molecule has 0 bridgehead atoms. The van der Waals surface area contributed by atoms with E-state index in [0.717, 1.165) is 61.9 Å². The molecule has 0 aliphatic rings. The maximum atomic E-state index is 13.8. The Morgan fingerprint density at radius 1 is 0.686 bits per heavy atom. The average Bonchev–Trinajstić information content (AvgIpc) is 2.88. The van der Waals surface area contributed by atoms with Crippen LogP contribution in [0.15, 0.2) is 58.1 Å². The molecule has 5 rings (SSSR count). The zero-order valence-electron chi connectivity index (χ0n) is 20.8. The molecule has 2 aromatic heterocycles. The minimum absolute atomic E-state index is 0.000469. The van der Waals surface area contributed by atoms with Gasteiger partial charge in [0.15, 0.2) is 10.9 Å². The highest BCUT2D eigenvalue weighted by Crippen LogP contribution is 2.32. The van der Waals surface area contributed by atoms with Crippen LogP contribution in [0.1, 0.15) is 52.0 Å². The van der Waals surface area contributed by atoms with Crippen molar-refractivity contribution in [2.24, 2.45) is 0 Å². The number of nitrogens with zero attached hydrogens (tertiary/aromatic N) is 1. The second-order valence-corrected chi connectivity index (χ2v) is 9.44. The molecule has 180 valence electrons. The van der Waals surface area contributed by atoms with Crippen molar-refractivity contribution in [1.82, 2.24) is 9.97 Å². The van der Waals surface area contributed by atoms with Crippen LogP contribution in [-0.4, -0.2) is 23.1 Å². The molecule has 0 unspecified atom stereocenters. The Kier molecular flexibility index (Phi) is 6.33. The summed E-state index contributed by atoms with van der Waals surface area (Å²) in [7, 11) is 0. The molecule has 35 heavy (non-hydrogen) atoms. The molecular weight excluding hydrogens is 434 g/mol. The summed E-state index contributed by atoms with van der Waals surface area (Å²) < 4.78 is 0. The Hall–Kier alpha value is -3.60. The number of para-hydroxylation sites is 1. The number of fused-ring (bicyclic) bond motifs is 4. The number of H-pyrrole nitrogens is 2. The number of aromatic nitrogens is 2. The summed E-state index contributed by atoms with van der Waals surface area (Å²) in [5.74, 6) is 0. The highest BCUT2D eigenvalue weighted by Gasteiger charge is 2.18. The first kappa shape index (κ1) is 23.2. The Morgan fingerprint density at radius 2 is 1.31 bits per heavy atom. The fourth-order valence-electron chi connectivity index (χ4n) is 5.17. The lowest BCUT2D eigenvalue weighted by molar-refractivity contribution is 0.677. The van der Waals surface area contributed by atoms with Crippen molar-refractivity contribution in [2.75, 3.05) is 18.0 Å². The van der Waals surface area contributed by atoms with Gasteiger partial charge >= 0.3 is 0 Å². The third-order valence-corrected chi connectivity index (χ3v) is 7.11. The van der Waals surface area contributed by atoms with E-state index in [1.54, 1.807) is 0 Å². The molecule has 0 aliphatic carbocycles. The van der Waals surface area contributed by atoms with Gasteiger partial charge in [-0.25, -0.2) is 0 Å². The van der Waals surface area contributed by atoms with E-state index in [1.165, 1.54) is 5.56 Å². The number of pyridine rings is 2. The molecule has 0 radical (unpaired) electrons. The number of rotatable bonds is 8. The summed E-state index contributed by atoms with van der Waals surface area (Å²) in [6.07, 6.45) is 5.35. The van der Waals surface area contributed by atoms with Crippen LogP contribution in [0.4, 0.5) is 5.69 Å². The smallest absolute Gasteiger partial charge is 0.197 e. The molecular formula is C30H33N3O2. The van der Waals surface area contributed by atoms with Crippen LogP contribution >= 0.6 is 0 Å². The van der Waals surface area contributed by atoms with E-state index in [0.29, 0.717) is 32.6 Å². The number of hydrogen-bond donors (Lipinski definition) is 2. The van der Waals surface area contributed by atoms with Crippen LogP contribution in [0, 0.1) is 0 Å². The fourth-order valence-corrected chi connectivity index (χ4v) is 5.17. The van der Waals surface area contributed by atoms with E-state index >= 15 is 0 Å². The van der Waals surface area contributed by atoms with Gasteiger partial charge in [0.05, 0.1) is 22.2 Å². The molecule has 0 saturated carbocycles. The molecule has 3 aromatic carbocycles. The van der Waals surface area contributed by atoms with E-state index < -0.39 is 0 Å². The van der Waals surface area contributed by atoms with Gasteiger partial charge in [-0.1, -0.05) is 51.8 Å². The highest BCUT2D eigenvalue weighted by atomic mass is 16.1. The summed E-state index contributed by atoms with van der Waals surface area (Å²) in [5.41, 5.74) is 5.40. The van der Waals surface area contributed by atoms with Crippen molar-refractivity contribution >= 4 is 49.3 Å². The Morgan fingerprint density at radius 3 is 1.97 bits per heavy atom. The first-order valence-corrected chi connectivity index (χ1v) is 12.9. The molecule has 2 heterocycles. The van der Waals surface area contributed by atoms with Crippen LogP contribution in [0.5, 0.6) is 0 Å². The number of aryl methyl sites for hydroxylation is 1. The normalized spacial score (nSPS) is 11.7. The number of aromatic amines is 2. The topological polar surface area (TPSA) is 69.0 Å². The summed E-state index contributed by atoms with van der Waals surface area (Å²) in [5, 5.41) is 2.54. The molecule has 2 N–H and O–H groups in total. The van der Waals surface area contributed by atoms with Gasteiger partial charge in [-0.3, -0.25) is 9.59 Å². The lowest BCUT2D eigenvalue weighted by Gasteiger charge is -2.28. The molecule has 0 aliphatic heterocycles. The second-order valence-electron chi connectivity index (χ2n) is 9.44. The molecule has 0 fully saturated rings. The standard InChI is InChI=1S/C30H33N3O2/c1-4-7-15-33(16-8-5-2)28-19(6-3)13-14-21-27(28)32-26-18-22-25(17-23(26)30(21)35)31-24-12-10-9-11-20(24)29(22)34/h9-14,17-18H,4-8,15-16H2,1-3H3,(H,31,34)(H,32,35). The zero-order valence-corrected chi connectivity index (χ0v) is 20.8. The summed E-state index contributed by atoms with van der Waals surface area (Å²) >= 11 is 0. The largest absolute Gasteiger partial charge is 0.370 e. The van der Waals surface area contributed by atoms with Crippen molar-refractivity contribution < 1.29 is 0 Å². The maximum absolute atomic E-state index is 13.8. The quantitative estimate of drug-likeness (QED) is 0.251. The van der Waals surface area contributed by atoms with Crippen molar-refractivity contribution in [1.29, 1.82) is 0 Å². The molecule has 5 aromatic rings. The van der Waals surface area contributed by atoms with Crippen molar-refractivity contribution in [3.8, 4) is 0 Å². The number of unbranched alkanes of at least 4 members (excludes halogenated alkanes) is 2. The van der Waals surface area contributed by atoms with Gasteiger partial charge in [0.1, 0.15) is 0 Å². The van der Waals surface area contributed by atoms with E-state index in [9.17, 15) is 9.59 Å². The summed E-state index contributed by atoms with van der Waals surface area (Å²) in [4.78, 5) is 36.4. The minimum Gasteiger partial charge on any atom is -0.370 e. The predicted molar refractivity (Wildman–Crippen MR) is 149 cm³/mol. The SMILES string of the molecule is CCCCN(CCCC)c1c(CC)ccc2c(=O)c3cc4[nH]c5ccccc5c(=O)c4cc3[nH]c12. The van der Waals surface area contributed by atoms with Crippen LogP contribution in [0.25, 0.3) is 43.6 Å². The van der Waals surface area contributed by atoms with Gasteiger partial charge in [-0.15, -0.1) is 0 Å². The van der Waals surface area contributed by atoms with Crippen molar-refractivity contribution in [3.05, 3.63) is 74.5 Å². The average molecular weight is 468 g/mol. The first-order chi connectivity index (χ1) is 17.1. The molecule has 0 spiro atoms. The van der Waals surface area contributed by atoms with Gasteiger partial charge < -0.3 is 14.9 Å². The van der Waals surface area contributed by atoms with Crippen molar-refractivity contribution in [2.45, 2.75) is 52.9 Å². The van der Waals surface area contributed by atoms with E-state index in [2.05, 4.69) is 41.7 Å². The number of hydrogen-bond acceptors (Lipinski definition) is 3. The lowest BCUT2D eigenvalue weighted by atomic mass is 10.0. The zero-order chi connectivity index (χ0) is 24.5. The fraction of sp³-hybridized carbons (Fsp3) is 0.333. The van der Waals surface area contributed by atoms with E-state index in [4.69, 9.17) is 0 Å². The molecule has 0 saturated heterocycles. The Bertz CT molecular complexity index is 1650. The van der Waals surface area contributed by atoms with Gasteiger partial charge in [-0.2, -0.15) is 0 Å². The monoisotopic (exact) mass is 467 g/mol. The van der Waals surface area contributed by atoms with Gasteiger partial charge in [0, 0.05) is 40.2 Å². The maximum Gasteiger partial charge on any atom is 0.197 e. The van der Waals surface area contributed by atoms with Crippen LogP contribution in [0.3, 0.4) is 0 Å². The van der Waals surface area contributed by atoms with E-state index in [1.807, 2.05) is 42.5 Å². The van der Waals surface area contributed by atoms with Crippen LogP contribution < -0.4 is 15.8 Å². The van der Waals surface area contributed by atoms with Gasteiger partial charge in [0.2, 0.25) is 0 Å². The third-order valence-electron chi connectivity index (χ3n) is 7.11. The molecule has 0 atom stereocenters. The minimum atomic E-state index is -0.0211. The summed E-state index contributed by atoms with van der Waals surface area (Å²) in [6, 6.07) is 15.3. The number of nitrogens with one attached hydrogen (secondary N) is 2. The molecule has 5 nitrogen and oxygen atoms in total. The third kappa shape index (κ3) is 3.99. The predicted octanol–water partition coefficient (Wildman–Crippen LogP) is 6.65. The van der Waals surface area contributed by atoms with Gasteiger partial charge in [-0.05, 0) is 55.2 Å². The first-order valence-electron chi connectivity index (χ1n) is 12.9. The van der Waals surface area contributed by atoms with E-state index in [-0.39, 0.29) is 10.9 Å². The summed E-state index contributed by atoms with van der Waals surface area (Å²) in [6.45, 7) is 8.52. The van der Waals surface area contributed by atoms with Crippen molar-refractivity contribution in [3.63, 3.8) is 0 Å². The van der Waals surface area contributed by atoms with Crippen LogP contribution in [-0.2, 0) is 6.42 Å². The highest BCUT2D eigenvalue weighted by molar-refractivity contribution is 6.05. The van der Waals surface area contributed by atoms with Crippen LogP contribution in [0.2, 0.25) is 0 Å². The Balaban J connectivity index is 1.83. The number of anilines is 1. The molecule has 5 heteroatoms. The molecule has 0 amide bonds. The second kappa shape index (κ2) is 9.57. The number of benzene rings is 3. The Labute approximate surface area is 204 Å². The lowest BCUT2D eigenvalue weighted by Crippen LogP contribution is -2.27.